The molecule has 0 bridgehead atoms. The Morgan fingerprint density at radius 2 is 2.19 bits per heavy atom. The van der Waals surface area contributed by atoms with Crippen molar-refractivity contribution in [3.63, 3.8) is 0 Å². The first-order chi connectivity index (χ1) is 10.3. The fraction of sp³-hybridized carbons (Fsp3) is 0.429. The zero-order valence-corrected chi connectivity index (χ0v) is 12.5. The fourth-order valence-electron chi connectivity index (χ4n) is 2.30. The van der Waals surface area contributed by atoms with E-state index in [-0.39, 0.29) is 0 Å². The molecule has 21 heavy (non-hydrogen) atoms. The summed E-state index contributed by atoms with van der Waals surface area (Å²) >= 11 is 1.55. The van der Waals surface area contributed by atoms with Crippen LogP contribution in [0.25, 0.3) is 22.1 Å². The molecule has 0 aromatic carbocycles. The zero-order valence-electron chi connectivity index (χ0n) is 11.7. The highest BCUT2D eigenvalue weighted by Gasteiger charge is 2.25. The van der Waals surface area contributed by atoms with Crippen LogP contribution in [0.3, 0.4) is 0 Å². The smallest absolute Gasteiger partial charge is 0.197 e. The maximum absolute atomic E-state index is 5.58. The summed E-state index contributed by atoms with van der Waals surface area (Å²) in [6, 6.07) is 0. The van der Waals surface area contributed by atoms with Crippen molar-refractivity contribution in [2.45, 2.75) is 38.6 Å². The molecule has 3 aromatic rings. The predicted octanol–water partition coefficient (Wildman–Crippen LogP) is 3.34. The van der Waals surface area contributed by atoms with Gasteiger partial charge in [0.1, 0.15) is 28.4 Å². The molecule has 0 radical (unpaired) electrons. The standard InChI is InChI=1S/C14H15N5OS/c1-2-19-15-6-10(18-19)12-8-21-14(17-12)11-7-20-13(16-11)9-4-3-5-9/h6-9H,2-5H2,1H3. The average molecular weight is 301 g/mol. The van der Waals surface area contributed by atoms with Crippen LogP contribution in [0.4, 0.5) is 0 Å². The number of thiazole rings is 1. The van der Waals surface area contributed by atoms with Gasteiger partial charge in [0.15, 0.2) is 5.89 Å². The van der Waals surface area contributed by atoms with Gasteiger partial charge in [-0.3, -0.25) is 0 Å². The minimum atomic E-state index is 0.502. The monoisotopic (exact) mass is 301 g/mol. The van der Waals surface area contributed by atoms with Gasteiger partial charge in [-0.2, -0.15) is 15.0 Å². The Balaban J connectivity index is 1.59. The molecular formula is C14H15N5OS. The summed E-state index contributed by atoms with van der Waals surface area (Å²) in [6.45, 7) is 2.76. The van der Waals surface area contributed by atoms with E-state index in [1.807, 2.05) is 12.3 Å². The molecule has 0 saturated heterocycles. The highest BCUT2D eigenvalue weighted by atomic mass is 32.1. The third-order valence-corrected chi connectivity index (χ3v) is 4.65. The van der Waals surface area contributed by atoms with E-state index in [2.05, 4.69) is 20.2 Å². The van der Waals surface area contributed by atoms with Crippen molar-refractivity contribution in [2.24, 2.45) is 0 Å². The van der Waals surface area contributed by atoms with Crippen LogP contribution < -0.4 is 0 Å². The van der Waals surface area contributed by atoms with Crippen molar-refractivity contribution in [1.82, 2.24) is 25.0 Å². The third kappa shape index (κ3) is 2.27. The normalized spacial score (nSPS) is 15.3. The number of rotatable bonds is 4. The summed E-state index contributed by atoms with van der Waals surface area (Å²) in [5, 5.41) is 11.4. The Morgan fingerprint density at radius 1 is 1.29 bits per heavy atom. The Labute approximate surface area is 125 Å². The molecule has 6 nitrogen and oxygen atoms in total. The second-order valence-corrected chi connectivity index (χ2v) is 6.01. The molecule has 0 amide bonds. The summed E-state index contributed by atoms with van der Waals surface area (Å²) in [6.07, 6.45) is 7.09. The number of hydrogen-bond donors (Lipinski definition) is 0. The zero-order chi connectivity index (χ0) is 14.2. The minimum absolute atomic E-state index is 0.502. The number of oxazole rings is 1. The Morgan fingerprint density at radius 3 is 2.90 bits per heavy atom. The lowest BCUT2D eigenvalue weighted by molar-refractivity contribution is 0.335. The van der Waals surface area contributed by atoms with E-state index in [9.17, 15) is 0 Å². The molecule has 1 saturated carbocycles. The maximum Gasteiger partial charge on any atom is 0.197 e. The lowest BCUT2D eigenvalue weighted by atomic mass is 9.85. The fourth-order valence-corrected chi connectivity index (χ4v) is 3.07. The molecular weight excluding hydrogens is 286 g/mol. The number of aromatic nitrogens is 5. The lowest BCUT2D eigenvalue weighted by Gasteiger charge is -2.21. The molecule has 0 N–H and O–H groups in total. The van der Waals surface area contributed by atoms with Gasteiger partial charge in [-0.05, 0) is 19.8 Å². The van der Waals surface area contributed by atoms with Crippen molar-refractivity contribution >= 4 is 11.3 Å². The highest BCUT2D eigenvalue weighted by Crippen LogP contribution is 2.37. The highest BCUT2D eigenvalue weighted by molar-refractivity contribution is 7.13. The molecule has 4 rings (SSSR count). The summed E-state index contributed by atoms with van der Waals surface area (Å²) in [4.78, 5) is 10.8. The van der Waals surface area contributed by atoms with Gasteiger partial charge in [0.05, 0.1) is 12.7 Å². The lowest BCUT2D eigenvalue weighted by Crippen LogP contribution is -2.08. The maximum atomic E-state index is 5.58. The molecule has 1 fully saturated rings. The van der Waals surface area contributed by atoms with Crippen LogP contribution in [0.1, 0.15) is 38.0 Å². The molecule has 0 aliphatic heterocycles. The molecule has 7 heteroatoms. The summed E-state index contributed by atoms with van der Waals surface area (Å²) in [7, 11) is 0. The first-order valence-corrected chi connectivity index (χ1v) is 8.03. The second kappa shape index (κ2) is 5.07. The topological polar surface area (TPSA) is 69.6 Å². The molecule has 0 spiro atoms. The molecule has 1 aliphatic rings. The van der Waals surface area contributed by atoms with E-state index in [0.717, 1.165) is 34.5 Å². The van der Waals surface area contributed by atoms with Crippen LogP contribution in [0.2, 0.25) is 0 Å². The summed E-state index contributed by atoms with van der Waals surface area (Å²) in [5.41, 5.74) is 2.45. The first kappa shape index (κ1) is 12.7. The third-order valence-electron chi connectivity index (χ3n) is 3.78. The largest absolute Gasteiger partial charge is 0.448 e. The van der Waals surface area contributed by atoms with Gasteiger partial charge >= 0.3 is 0 Å². The molecule has 108 valence electrons. The Kier molecular flexibility index (Phi) is 3.07. The van der Waals surface area contributed by atoms with Crippen LogP contribution in [0.5, 0.6) is 0 Å². The van der Waals surface area contributed by atoms with Crippen LogP contribution in [0, 0.1) is 0 Å². The minimum Gasteiger partial charge on any atom is -0.448 e. The molecule has 3 heterocycles. The van der Waals surface area contributed by atoms with E-state index in [1.54, 1.807) is 28.6 Å². The Hall–Kier alpha value is -2.02. The molecule has 1 aliphatic carbocycles. The summed E-state index contributed by atoms with van der Waals surface area (Å²) in [5.74, 6) is 1.35. The number of aryl methyl sites for hydroxylation is 1. The van der Waals surface area contributed by atoms with Crippen LogP contribution in [0.15, 0.2) is 22.3 Å². The summed E-state index contributed by atoms with van der Waals surface area (Å²) < 4.78 is 5.58. The van der Waals surface area contributed by atoms with Crippen molar-refractivity contribution in [3.8, 4) is 22.1 Å². The van der Waals surface area contributed by atoms with E-state index >= 15 is 0 Å². The van der Waals surface area contributed by atoms with Crippen molar-refractivity contribution in [3.05, 3.63) is 23.7 Å². The number of nitrogens with zero attached hydrogens (tertiary/aromatic N) is 5. The van der Waals surface area contributed by atoms with Gasteiger partial charge in [-0.25, -0.2) is 9.97 Å². The van der Waals surface area contributed by atoms with Gasteiger partial charge in [-0.1, -0.05) is 6.42 Å². The van der Waals surface area contributed by atoms with Gasteiger partial charge in [0.25, 0.3) is 0 Å². The quantitative estimate of drug-likeness (QED) is 0.739. The van der Waals surface area contributed by atoms with Crippen molar-refractivity contribution < 1.29 is 4.42 Å². The van der Waals surface area contributed by atoms with Crippen LogP contribution >= 0.6 is 11.3 Å². The van der Waals surface area contributed by atoms with E-state index in [1.165, 1.54) is 19.3 Å². The van der Waals surface area contributed by atoms with Gasteiger partial charge < -0.3 is 4.42 Å². The van der Waals surface area contributed by atoms with Crippen LogP contribution in [-0.4, -0.2) is 25.0 Å². The number of hydrogen-bond acceptors (Lipinski definition) is 6. The first-order valence-electron chi connectivity index (χ1n) is 7.15. The van der Waals surface area contributed by atoms with Gasteiger partial charge in [-0.15, -0.1) is 11.3 Å². The predicted molar refractivity (Wildman–Crippen MR) is 78.9 cm³/mol. The Bertz CT molecular complexity index is 755. The molecule has 3 aromatic heterocycles. The van der Waals surface area contributed by atoms with E-state index in [0.29, 0.717) is 5.92 Å². The second-order valence-electron chi connectivity index (χ2n) is 5.16. The van der Waals surface area contributed by atoms with Gasteiger partial charge in [0.2, 0.25) is 0 Å². The average Bonchev–Trinajstić information content (AvgIpc) is 3.16. The van der Waals surface area contributed by atoms with Gasteiger partial charge in [0, 0.05) is 11.3 Å². The molecule has 0 atom stereocenters. The van der Waals surface area contributed by atoms with E-state index in [4.69, 9.17) is 4.42 Å². The van der Waals surface area contributed by atoms with Crippen molar-refractivity contribution in [2.75, 3.05) is 0 Å². The molecule has 0 unspecified atom stereocenters. The SMILES string of the molecule is CCn1ncc(-c2csc(-c3coc(C4CCC4)n3)n2)n1. The van der Waals surface area contributed by atoms with Crippen molar-refractivity contribution in [1.29, 1.82) is 0 Å². The van der Waals surface area contributed by atoms with Crippen LogP contribution in [-0.2, 0) is 6.54 Å². The van der Waals surface area contributed by atoms with E-state index < -0.39 is 0 Å².